The highest BCUT2D eigenvalue weighted by molar-refractivity contribution is 5.81. The van der Waals surface area contributed by atoms with E-state index in [2.05, 4.69) is 15.6 Å². The normalized spacial score (nSPS) is 9.47. The summed E-state index contributed by atoms with van der Waals surface area (Å²) < 4.78 is 0. The van der Waals surface area contributed by atoms with Crippen molar-refractivity contribution in [1.82, 2.24) is 10.3 Å². The van der Waals surface area contributed by atoms with Crippen molar-refractivity contribution in [2.75, 3.05) is 18.4 Å². The van der Waals surface area contributed by atoms with Gasteiger partial charge in [0.25, 0.3) is 0 Å². The summed E-state index contributed by atoms with van der Waals surface area (Å²) in [5.41, 5.74) is -0.523. The van der Waals surface area contributed by atoms with Crippen molar-refractivity contribution in [2.24, 2.45) is 0 Å². The molecule has 8 nitrogen and oxygen atoms in total. The Bertz CT molecular complexity index is 524. The molecule has 8 heteroatoms. The summed E-state index contributed by atoms with van der Waals surface area (Å²) in [6.45, 7) is 2.31. The van der Waals surface area contributed by atoms with Gasteiger partial charge in [0.05, 0.1) is 11.5 Å². The quantitative estimate of drug-likeness (QED) is 0.578. The van der Waals surface area contributed by atoms with Crippen LogP contribution in [0.2, 0.25) is 0 Å². The number of carbonyl (C=O) groups is 1. The summed E-state index contributed by atoms with van der Waals surface area (Å²) in [6.07, 6.45) is 2.08. The van der Waals surface area contributed by atoms with Gasteiger partial charge in [0.1, 0.15) is 11.6 Å². The first kappa shape index (κ1) is 14.4. The molecule has 0 bridgehead atoms. The molecule has 2 N–H and O–H groups in total. The van der Waals surface area contributed by atoms with Gasteiger partial charge in [-0.25, -0.2) is 4.98 Å². The summed E-state index contributed by atoms with van der Waals surface area (Å²) in [4.78, 5) is 25.3. The number of anilines is 1. The van der Waals surface area contributed by atoms with E-state index in [1.54, 1.807) is 6.07 Å². The first-order valence-corrected chi connectivity index (χ1v) is 5.64. The largest absolute Gasteiger partial charge is 0.355 e. The fraction of sp³-hybridized carbons (Fsp3) is 0.364. The fourth-order valence-corrected chi connectivity index (χ4v) is 1.35. The second-order valence-electron chi connectivity index (χ2n) is 3.63. The van der Waals surface area contributed by atoms with Gasteiger partial charge in [0.15, 0.2) is 0 Å². The highest BCUT2D eigenvalue weighted by atomic mass is 16.6. The molecular formula is C11H13N5O3. The summed E-state index contributed by atoms with van der Waals surface area (Å²) in [5, 5.41) is 24.9. The van der Waals surface area contributed by atoms with Crippen molar-refractivity contribution < 1.29 is 9.72 Å². The number of rotatable bonds is 6. The van der Waals surface area contributed by atoms with E-state index in [4.69, 9.17) is 5.26 Å². The number of nitrogens with zero attached hydrogens (tertiary/aromatic N) is 3. The lowest BCUT2D eigenvalue weighted by molar-refractivity contribution is -0.384. The second-order valence-corrected chi connectivity index (χ2v) is 3.63. The van der Waals surface area contributed by atoms with Crippen molar-refractivity contribution in [3.05, 3.63) is 27.9 Å². The predicted molar refractivity (Wildman–Crippen MR) is 67.4 cm³/mol. The zero-order valence-electron chi connectivity index (χ0n) is 10.3. The zero-order chi connectivity index (χ0) is 14.3. The monoisotopic (exact) mass is 263 g/mol. The van der Waals surface area contributed by atoms with Gasteiger partial charge in [-0.2, -0.15) is 5.26 Å². The maximum atomic E-state index is 11.4. The molecule has 0 aliphatic carbocycles. The van der Waals surface area contributed by atoms with Gasteiger partial charge in [-0.1, -0.05) is 6.92 Å². The number of carbonyl (C=O) groups excluding carboxylic acids is 1. The molecule has 0 unspecified atom stereocenters. The van der Waals surface area contributed by atoms with Gasteiger partial charge in [0.2, 0.25) is 11.7 Å². The number of nitro groups is 1. The Labute approximate surface area is 109 Å². The molecule has 0 aromatic carbocycles. The number of hydrogen-bond acceptors (Lipinski definition) is 6. The van der Waals surface area contributed by atoms with Crippen LogP contribution >= 0.6 is 0 Å². The third kappa shape index (κ3) is 3.92. The smallest absolute Gasteiger partial charge is 0.328 e. The van der Waals surface area contributed by atoms with Crippen LogP contribution in [0.25, 0.3) is 0 Å². The van der Waals surface area contributed by atoms with Crippen molar-refractivity contribution in [2.45, 2.75) is 13.3 Å². The summed E-state index contributed by atoms with van der Waals surface area (Å²) in [7, 11) is 0. The molecule has 0 spiro atoms. The van der Waals surface area contributed by atoms with Gasteiger partial charge in [-0.15, -0.1) is 0 Å². The van der Waals surface area contributed by atoms with Crippen molar-refractivity contribution in [3.8, 4) is 6.07 Å². The molecule has 0 fully saturated rings. The Morgan fingerprint density at radius 3 is 2.95 bits per heavy atom. The standard InChI is InChI=1S/C11H13N5O3/c1-2-4-13-9(17)7-15-11-10(16(18)19)8(6-12)3-5-14-11/h3,5H,2,4,7H2,1H3,(H,13,17)(H,14,15). The van der Waals surface area contributed by atoms with E-state index in [0.717, 1.165) is 6.42 Å². The van der Waals surface area contributed by atoms with Gasteiger partial charge >= 0.3 is 5.69 Å². The molecule has 1 heterocycles. The fourth-order valence-electron chi connectivity index (χ4n) is 1.35. The van der Waals surface area contributed by atoms with E-state index in [1.165, 1.54) is 12.3 Å². The van der Waals surface area contributed by atoms with E-state index < -0.39 is 10.6 Å². The van der Waals surface area contributed by atoms with Crippen molar-refractivity contribution in [3.63, 3.8) is 0 Å². The van der Waals surface area contributed by atoms with E-state index in [-0.39, 0.29) is 23.8 Å². The SMILES string of the molecule is CCCNC(=O)CNc1nccc(C#N)c1[N+](=O)[O-]. The molecule has 0 atom stereocenters. The third-order valence-electron chi connectivity index (χ3n) is 2.22. The topological polar surface area (TPSA) is 121 Å². The van der Waals surface area contributed by atoms with Crippen LogP contribution in [0.3, 0.4) is 0 Å². The predicted octanol–water partition coefficient (Wildman–Crippen LogP) is 0.800. The average Bonchev–Trinajstić information content (AvgIpc) is 2.41. The number of nitrogens with one attached hydrogen (secondary N) is 2. The van der Waals surface area contributed by atoms with E-state index in [1.807, 2.05) is 6.92 Å². The minimum Gasteiger partial charge on any atom is -0.355 e. The molecule has 100 valence electrons. The van der Waals surface area contributed by atoms with Crippen LogP contribution in [0.5, 0.6) is 0 Å². The lowest BCUT2D eigenvalue weighted by Crippen LogP contribution is -2.30. The Morgan fingerprint density at radius 2 is 2.37 bits per heavy atom. The molecule has 0 aliphatic heterocycles. The van der Waals surface area contributed by atoms with Crippen LogP contribution in [-0.4, -0.2) is 28.9 Å². The van der Waals surface area contributed by atoms with Crippen LogP contribution in [0.15, 0.2) is 12.3 Å². The Morgan fingerprint density at radius 1 is 1.63 bits per heavy atom. The van der Waals surface area contributed by atoms with Gasteiger partial charge in [0, 0.05) is 12.7 Å². The molecule has 1 amide bonds. The van der Waals surface area contributed by atoms with Crippen molar-refractivity contribution in [1.29, 1.82) is 5.26 Å². The number of hydrogen-bond donors (Lipinski definition) is 2. The number of pyridine rings is 1. The Balaban J connectivity index is 2.82. The van der Waals surface area contributed by atoms with Crippen LogP contribution in [0.1, 0.15) is 18.9 Å². The minimum atomic E-state index is -0.697. The molecule has 0 saturated heterocycles. The molecule has 0 radical (unpaired) electrons. The Kier molecular flexibility index (Phi) is 5.22. The Hall–Kier alpha value is -2.69. The lowest BCUT2D eigenvalue weighted by atomic mass is 10.2. The zero-order valence-corrected chi connectivity index (χ0v) is 10.3. The number of nitriles is 1. The van der Waals surface area contributed by atoms with Crippen LogP contribution < -0.4 is 10.6 Å². The molecule has 0 saturated carbocycles. The van der Waals surface area contributed by atoms with Gasteiger partial charge in [-0.05, 0) is 12.5 Å². The van der Waals surface area contributed by atoms with E-state index >= 15 is 0 Å². The summed E-state index contributed by atoms with van der Waals surface area (Å²) >= 11 is 0. The summed E-state index contributed by atoms with van der Waals surface area (Å²) in [5.74, 6) is -0.379. The highest BCUT2D eigenvalue weighted by Crippen LogP contribution is 2.25. The molecule has 1 rings (SSSR count). The maximum absolute atomic E-state index is 11.4. The number of aromatic nitrogens is 1. The van der Waals surface area contributed by atoms with Crippen LogP contribution in [-0.2, 0) is 4.79 Å². The highest BCUT2D eigenvalue weighted by Gasteiger charge is 2.21. The van der Waals surface area contributed by atoms with Gasteiger partial charge in [-0.3, -0.25) is 14.9 Å². The number of amides is 1. The maximum Gasteiger partial charge on any atom is 0.328 e. The lowest BCUT2D eigenvalue weighted by Gasteiger charge is -2.07. The average molecular weight is 263 g/mol. The van der Waals surface area contributed by atoms with E-state index in [9.17, 15) is 14.9 Å². The van der Waals surface area contributed by atoms with E-state index in [0.29, 0.717) is 6.54 Å². The molecule has 1 aromatic rings. The summed E-state index contributed by atoms with van der Waals surface area (Å²) in [6, 6.07) is 2.97. The molecule has 1 aromatic heterocycles. The third-order valence-corrected chi connectivity index (χ3v) is 2.22. The first-order valence-electron chi connectivity index (χ1n) is 5.64. The molecular weight excluding hydrogens is 250 g/mol. The minimum absolute atomic E-state index is 0.0873. The second kappa shape index (κ2) is 6.90. The van der Waals surface area contributed by atoms with Gasteiger partial charge < -0.3 is 10.6 Å². The molecule has 0 aliphatic rings. The van der Waals surface area contributed by atoms with Crippen LogP contribution in [0, 0.1) is 21.4 Å². The first-order chi connectivity index (χ1) is 9.10. The van der Waals surface area contributed by atoms with Crippen LogP contribution in [0.4, 0.5) is 11.5 Å². The molecule has 19 heavy (non-hydrogen) atoms. The van der Waals surface area contributed by atoms with Crippen molar-refractivity contribution >= 4 is 17.4 Å².